The van der Waals surface area contributed by atoms with Gasteiger partial charge in [-0.1, -0.05) is 12.1 Å². The SMILES string of the molecule is CC(C)Oc1cccc(CN2CCSCC2CC(=O)O)c1. The largest absolute Gasteiger partial charge is 0.491 e. The van der Waals surface area contributed by atoms with Crippen LogP contribution in [0, 0.1) is 0 Å². The van der Waals surface area contributed by atoms with Gasteiger partial charge in [-0.3, -0.25) is 9.69 Å². The molecule has 116 valence electrons. The van der Waals surface area contributed by atoms with Crippen molar-refractivity contribution >= 4 is 17.7 Å². The molecule has 0 bridgehead atoms. The molecule has 1 atom stereocenters. The van der Waals surface area contributed by atoms with Crippen LogP contribution in [0.3, 0.4) is 0 Å². The van der Waals surface area contributed by atoms with Crippen molar-refractivity contribution in [3.63, 3.8) is 0 Å². The molecule has 0 saturated carbocycles. The number of nitrogens with zero attached hydrogens (tertiary/aromatic N) is 1. The average Bonchev–Trinajstić information content (AvgIpc) is 2.40. The Bertz CT molecular complexity index is 478. The number of hydrogen-bond acceptors (Lipinski definition) is 4. The summed E-state index contributed by atoms with van der Waals surface area (Å²) in [6.07, 6.45) is 0.376. The molecule has 0 amide bonds. The lowest BCUT2D eigenvalue weighted by Crippen LogP contribution is -2.42. The van der Waals surface area contributed by atoms with Gasteiger partial charge in [0.15, 0.2) is 0 Å². The zero-order chi connectivity index (χ0) is 15.2. The molecule has 0 aliphatic carbocycles. The van der Waals surface area contributed by atoms with Crippen LogP contribution in [-0.4, -0.2) is 46.2 Å². The lowest BCUT2D eigenvalue weighted by atomic mass is 10.1. The first-order chi connectivity index (χ1) is 10.0. The van der Waals surface area contributed by atoms with Crippen LogP contribution < -0.4 is 4.74 Å². The second kappa shape index (κ2) is 7.71. The van der Waals surface area contributed by atoms with Crippen LogP contribution in [-0.2, 0) is 11.3 Å². The molecule has 1 aliphatic heterocycles. The number of carbonyl (C=O) groups is 1. The molecule has 0 radical (unpaired) electrons. The molecule has 1 N–H and O–H groups in total. The third-order valence-corrected chi connectivity index (χ3v) is 4.51. The van der Waals surface area contributed by atoms with Crippen molar-refractivity contribution in [1.82, 2.24) is 4.90 Å². The molecule has 1 aromatic carbocycles. The third kappa shape index (κ3) is 5.25. The van der Waals surface area contributed by atoms with Crippen LogP contribution in [0.1, 0.15) is 25.8 Å². The molecule has 1 saturated heterocycles. The maximum atomic E-state index is 11.0. The number of thioether (sulfide) groups is 1. The number of benzene rings is 1. The van der Waals surface area contributed by atoms with E-state index in [2.05, 4.69) is 17.0 Å². The summed E-state index contributed by atoms with van der Waals surface area (Å²) in [4.78, 5) is 13.3. The minimum atomic E-state index is -0.718. The first kappa shape index (κ1) is 16.2. The Balaban J connectivity index is 2.02. The van der Waals surface area contributed by atoms with Crippen molar-refractivity contribution in [2.45, 2.75) is 39.0 Å². The van der Waals surface area contributed by atoms with E-state index in [-0.39, 0.29) is 18.6 Å². The second-order valence-electron chi connectivity index (χ2n) is 5.61. The number of carboxylic acids is 1. The van der Waals surface area contributed by atoms with Crippen LogP contribution in [0.15, 0.2) is 24.3 Å². The van der Waals surface area contributed by atoms with E-state index in [9.17, 15) is 4.79 Å². The highest BCUT2D eigenvalue weighted by atomic mass is 32.2. The lowest BCUT2D eigenvalue weighted by molar-refractivity contribution is -0.138. The fourth-order valence-electron chi connectivity index (χ4n) is 2.51. The Hall–Kier alpha value is -1.20. The van der Waals surface area contributed by atoms with E-state index in [0.717, 1.165) is 30.3 Å². The minimum absolute atomic E-state index is 0.121. The summed E-state index contributed by atoms with van der Waals surface area (Å²) in [5, 5.41) is 9.04. The van der Waals surface area contributed by atoms with Gasteiger partial charge >= 0.3 is 5.97 Å². The average molecular weight is 309 g/mol. The van der Waals surface area contributed by atoms with Gasteiger partial charge in [0.25, 0.3) is 0 Å². The maximum Gasteiger partial charge on any atom is 0.304 e. The predicted molar refractivity (Wildman–Crippen MR) is 86.0 cm³/mol. The van der Waals surface area contributed by atoms with Crippen molar-refractivity contribution in [2.24, 2.45) is 0 Å². The summed E-state index contributed by atoms with van der Waals surface area (Å²) in [5.41, 5.74) is 1.18. The molecule has 1 aliphatic rings. The Morgan fingerprint density at radius 3 is 3.05 bits per heavy atom. The molecule has 21 heavy (non-hydrogen) atoms. The minimum Gasteiger partial charge on any atom is -0.491 e. The first-order valence-electron chi connectivity index (χ1n) is 7.34. The molecular formula is C16H23NO3S. The first-order valence-corrected chi connectivity index (χ1v) is 8.49. The van der Waals surface area contributed by atoms with E-state index < -0.39 is 5.97 Å². The lowest BCUT2D eigenvalue weighted by Gasteiger charge is -2.34. The number of rotatable bonds is 6. The van der Waals surface area contributed by atoms with Crippen molar-refractivity contribution in [3.05, 3.63) is 29.8 Å². The molecule has 0 spiro atoms. The van der Waals surface area contributed by atoms with Gasteiger partial charge in [0.05, 0.1) is 12.5 Å². The Labute approximate surface area is 130 Å². The summed E-state index contributed by atoms with van der Waals surface area (Å²) in [6.45, 7) is 5.75. The van der Waals surface area contributed by atoms with Crippen LogP contribution in [0.25, 0.3) is 0 Å². The fraction of sp³-hybridized carbons (Fsp3) is 0.562. The number of carboxylic acid groups (broad SMARTS) is 1. The van der Waals surface area contributed by atoms with Crippen LogP contribution in [0.5, 0.6) is 5.75 Å². The maximum absolute atomic E-state index is 11.0. The molecule has 1 unspecified atom stereocenters. The summed E-state index contributed by atoms with van der Waals surface area (Å²) in [5.74, 6) is 2.13. The molecule has 1 fully saturated rings. The molecule has 1 aromatic rings. The normalized spacial score (nSPS) is 19.7. The summed E-state index contributed by atoms with van der Waals surface area (Å²) >= 11 is 1.84. The van der Waals surface area contributed by atoms with E-state index >= 15 is 0 Å². The van der Waals surface area contributed by atoms with E-state index in [1.165, 1.54) is 5.56 Å². The predicted octanol–water partition coefficient (Wildman–Crippen LogP) is 2.87. The van der Waals surface area contributed by atoms with Gasteiger partial charge in [-0.05, 0) is 31.5 Å². The Kier molecular flexibility index (Phi) is 5.94. The summed E-state index contributed by atoms with van der Waals surface area (Å²) in [6, 6.07) is 8.21. The van der Waals surface area contributed by atoms with E-state index in [1.54, 1.807) is 0 Å². The molecule has 4 nitrogen and oxygen atoms in total. The summed E-state index contributed by atoms with van der Waals surface area (Å²) in [7, 11) is 0. The number of ether oxygens (including phenoxy) is 1. The van der Waals surface area contributed by atoms with Gasteiger partial charge in [-0.15, -0.1) is 0 Å². The van der Waals surface area contributed by atoms with Crippen LogP contribution in [0.4, 0.5) is 0 Å². The van der Waals surface area contributed by atoms with Gasteiger partial charge in [0.1, 0.15) is 5.75 Å². The van der Waals surface area contributed by atoms with E-state index in [1.807, 2.05) is 37.7 Å². The van der Waals surface area contributed by atoms with Gasteiger partial charge in [-0.25, -0.2) is 0 Å². The van der Waals surface area contributed by atoms with Crippen molar-refractivity contribution in [1.29, 1.82) is 0 Å². The van der Waals surface area contributed by atoms with E-state index in [4.69, 9.17) is 9.84 Å². The smallest absolute Gasteiger partial charge is 0.304 e. The van der Waals surface area contributed by atoms with Gasteiger partial charge < -0.3 is 9.84 Å². The zero-order valence-electron chi connectivity index (χ0n) is 12.6. The molecule has 5 heteroatoms. The number of hydrogen-bond donors (Lipinski definition) is 1. The third-order valence-electron chi connectivity index (χ3n) is 3.42. The fourth-order valence-corrected chi connectivity index (χ4v) is 3.64. The molecule has 1 heterocycles. The topological polar surface area (TPSA) is 49.8 Å². The summed E-state index contributed by atoms with van der Waals surface area (Å²) < 4.78 is 5.72. The highest BCUT2D eigenvalue weighted by Gasteiger charge is 2.25. The highest BCUT2D eigenvalue weighted by molar-refractivity contribution is 7.99. The molecule has 2 rings (SSSR count). The second-order valence-corrected chi connectivity index (χ2v) is 6.76. The zero-order valence-corrected chi connectivity index (χ0v) is 13.4. The molecule has 0 aromatic heterocycles. The Morgan fingerprint density at radius 1 is 1.52 bits per heavy atom. The standard InChI is InChI=1S/C16H23NO3S/c1-12(2)20-15-5-3-4-13(8-15)10-17-6-7-21-11-14(17)9-16(18)19/h3-5,8,12,14H,6-7,9-11H2,1-2H3,(H,18,19). The van der Waals surface area contributed by atoms with Crippen LogP contribution in [0.2, 0.25) is 0 Å². The van der Waals surface area contributed by atoms with Crippen molar-refractivity contribution in [3.8, 4) is 5.75 Å². The van der Waals surface area contributed by atoms with Crippen molar-refractivity contribution in [2.75, 3.05) is 18.1 Å². The monoisotopic (exact) mass is 309 g/mol. The molecular weight excluding hydrogens is 286 g/mol. The Morgan fingerprint density at radius 2 is 2.33 bits per heavy atom. The highest BCUT2D eigenvalue weighted by Crippen LogP contribution is 2.23. The number of aliphatic carboxylic acids is 1. The van der Waals surface area contributed by atoms with E-state index in [0.29, 0.717) is 0 Å². The quantitative estimate of drug-likeness (QED) is 0.875. The van der Waals surface area contributed by atoms with Gasteiger partial charge in [0, 0.05) is 30.6 Å². The van der Waals surface area contributed by atoms with Gasteiger partial charge in [-0.2, -0.15) is 11.8 Å². The van der Waals surface area contributed by atoms with Crippen molar-refractivity contribution < 1.29 is 14.6 Å². The van der Waals surface area contributed by atoms with Gasteiger partial charge in [0.2, 0.25) is 0 Å². The van der Waals surface area contributed by atoms with Crippen LogP contribution >= 0.6 is 11.8 Å².